The summed E-state index contributed by atoms with van der Waals surface area (Å²) >= 11 is 0. The second-order valence-corrected chi connectivity index (χ2v) is 15.6. The first-order valence-electron chi connectivity index (χ1n) is 20.9. The van der Waals surface area contributed by atoms with E-state index < -0.39 is 0 Å². The molecule has 0 saturated heterocycles. The van der Waals surface area contributed by atoms with Crippen LogP contribution in [-0.4, -0.2) is 24.5 Å². The Morgan fingerprint density at radius 1 is 0.306 bits per heavy atom. The van der Waals surface area contributed by atoms with Crippen LogP contribution in [0.4, 0.5) is 0 Å². The summed E-state index contributed by atoms with van der Waals surface area (Å²) in [7, 11) is 0. The molecule has 62 heavy (non-hydrogen) atoms. The molecular formula is C57H39N5. The third kappa shape index (κ3) is 6.91. The van der Waals surface area contributed by atoms with Crippen LogP contribution in [0.5, 0.6) is 0 Å². The molecule has 5 heteroatoms. The van der Waals surface area contributed by atoms with Gasteiger partial charge in [0, 0.05) is 44.2 Å². The fourth-order valence-electron chi connectivity index (χ4n) is 8.46. The third-order valence-corrected chi connectivity index (χ3v) is 11.5. The number of para-hydroxylation sites is 1. The van der Waals surface area contributed by atoms with E-state index >= 15 is 0 Å². The van der Waals surface area contributed by atoms with Crippen molar-refractivity contribution in [3.63, 3.8) is 0 Å². The topological polar surface area (TPSA) is 56.5 Å². The zero-order chi connectivity index (χ0) is 41.4. The standard InChI is InChI=1S/C57H39N5/c1-38-17-16-26-43(33-38)44-29-31-54-47(34-44)46-27-14-15-28-53(46)62(54)55-32-30-45(51-36-49(39-18-6-2-7-19-39)58-56(60-51)41-22-10-4-11-23-41)35-48(55)52-37-50(40-20-8-3-9-21-40)59-57(61-52)42-24-12-5-13-25-42/h2-37H,1H3. The molecule has 0 atom stereocenters. The molecule has 0 aliphatic rings. The van der Waals surface area contributed by atoms with Crippen LogP contribution >= 0.6 is 0 Å². The fraction of sp³-hybridized carbons (Fsp3) is 0.0175. The lowest BCUT2D eigenvalue weighted by molar-refractivity contribution is 1.15. The van der Waals surface area contributed by atoms with Gasteiger partial charge in [-0.2, -0.15) is 0 Å². The lowest BCUT2D eigenvalue weighted by Gasteiger charge is -2.17. The van der Waals surface area contributed by atoms with Gasteiger partial charge < -0.3 is 4.57 Å². The third-order valence-electron chi connectivity index (χ3n) is 11.5. The van der Waals surface area contributed by atoms with E-state index in [0.29, 0.717) is 11.6 Å². The van der Waals surface area contributed by atoms with Gasteiger partial charge in [0.1, 0.15) is 0 Å². The van der Waals surface area contributed by atoms with Gasteiger partial charge in [-0.1, -0.05) is 181 Å². The van der Waals surface area contributed by atoms with Crippen LogP contribution in [0.1, 0.15) is 5.56 Å². The first kappa shape index (κ1) is 36.8. The molecule has 0 amide bonds. The zero-order valence-electron chi connectivity index (χ0n) is 34.0. The lowest BCUT2D eigenvalue weighted by atomic mass is 9.99. The van der Waals surface area contributed by atoms with Crippen LogP contribution in [-0.2, 0) is 0 Å². The minimum absolute atomic E-state index is 0.656. The molecule has 0 aliphatic carbocycles. The van der Waals surface area contributed by atoms with E-state index in [4.69, 9.17) is 19.9 Å². The molecule has 0 aliphatic heterocycles. The molecule has 11 aromatic rings. The molecule has 8 aromatic carbocycles. The van der Waals surface area contributed by atoms with Crippen molar-refractivity contribution in [1.82, 2.24) is 24.5 Å². The summed E-state index contributed by atoms with van der Waals surface area (Å²) in [4.78, 5) is 20.9. The first-order chi connectivity index (χ1) is 30.6. The highest BCUT2D eigenvalue weighted by Crippen LogP contribution is 2.41. The molecule has 0 spiro atoms. The molecule has 5 nitrogen and oxygen atoms in total. The van der Waals surface area contributed by atoms with Gasteiger partial charge >= 0.3 is 0 Å². The van der Waals surface area contributed by atoms with Crippen LogP contribution in [0.3, 0.4) is 0 Å². The van der Waals surface area contributed by atoms with Crippen LogP contribution in [0.2, 0.25) is 0 Å². The van der Waals surface area contributed by atoms with Crippen LogP contribution in [0.25, 0.3) is 106 Å². The van der Waals surface area contributed by atoms with Gasteiger partial charge in [-0.15, -0.1) is 0 Å². The maximum absolute atomic E-state index is 5.40. The van der Waals surface area contributed by atoms with E-state index in [-0.39, 0.29) is 0 Å². The molecule has 0 fully saturated rings. The van der Waals surface area contributed by atoms with Crippen molar-refractivity contribution in [2.45, 2.75) is 6.92 Å². The molecule has 0 unspecified atom stereocenters. The second-order valence-electron chi connectivity index (χ2n) is 15.6. The van der Waals surface area contributed by atoms with E-state index in [1.54, 1.807) is 0 Å². The van der Waals surface area contributed by atoms with Crippen molar-refractivity contribution in [2.24, 2.45) is 0 Å². The van der Waals surface area contributed by atoms with Crippen LogP contribution in [0.15, 0.2) is 218 Å². The predicted molar refractivity (Wildman–Crippen MR) is 255 cm³/mol. The Morgan fingerprint density at radius 3 is 1.39 bits per heavy atom. The summed E-state index contributed by atoms with van der Waals surface area (Å²) in [6.45, 7) is 2.14. The van der Waals surface area contributed by atoms with Crippen molar-refractivity contribution in [3.05, 3.63) is 224 Å². The first-order valence-corrected chi connectivity index (χ1v) is 20.9. The van der Waals surface area contributed by atoms with Crippen LogP contribution < -0.4 is 0 Å². The van der Waals surface area contributed by atoms with Gasteiger partial charge in [0.2, 0.25) is 0 Å². The van der Waals surface area contributed by atoms with Gasteiger partial charge in [-0.3, -0.25) is 0 Å². The quantitative estimate of drug-likeness (QED) is 0.154. The average molecular weight is 794 g/mol. The van der Waals surface area contributed by atoms with E-state index in [1.165, 1.54) is 27.5 Å². The Bertz CT molecular complexity index is 3280. The van der Waals surface area contributed by atoms with Crippen LogP contribution in [0, 0.1) is 6.92 Å². The Hall–Kier alpha value is -8.28. The van der Waals surface area contributed by atoms with Gasteiger partial charge in [-0.25, -0.2) is 19.9 Å². The van der Waals surface area contributed by atoms with E-state index in [9.17, 15) is 0 Å². The Balaban J connectivity index is 1.19. The molecule has 3 aromatic heterocycles. The minimum atomic E-state index is 0.656. The number of nitrogens with zero attached hydrogens (tertiary/aromatic N) is 5. The summed E-state index contributed by atoms with van der Waals surface area (Å²) in [6.07, 6.45) is 0. The number of benzene rings is 8. The summed E-state index contributed by atoms with van der Waals surface area (Å²) < 4.78 is 2.39. The number of aromatic nitrogens is 5. The number of fused-ring (bicyclic) bond motifs is 3. The minimum Gasteiger partial charge on any atom is -0.309 e. The molecule has 11 rings (SSSR count). The number of rotatable bonds is 8. The fourth-order valence-corrected chi connectivity index (χ4v) is 8.46. The molecule has 0 radical (unpaired) electrons. The van der Waals surface area contributed by atoms with Crippen molar-refractivity contribution in [2.75, 3.05) is 0 Å². The number of aryl methyl sites for hydroxylation is 1. The summed E-state index contributed by atoms with van der Waals surface area (Å²) in [5.74, 6) is 1.32. The van der Waals surface area contributed by atoms with Gasteiger partial charge in [-0.05, 0) is 60.5 Å². The van der Waals surface area contributed by atoms with E-state index in [0.717, 1.165) is 72.9 Å². The van der Waals surface area contributed by atoms with Gasteiger partial charge in [0.05, 0.1) is 39.5 Å². The summed E-state index contributed by atoms with van der Waals surface area (Å²) in [5.41, 5.74) is 16.0. The highest BCUT2D eigenvalue weighted by molar-refractivity contribution is 6.11. The molecule has 3 heterocycles. The Morgan fingerprint density at radius 2 is 0.774 bits per heavy atom. The molecular weight excluding hydrogens is 755 g/mol. The highest BCUT2D eigenvalue weighted by atomic mass is 15.0. The predicted octanol–water partition coefficient (Wildman–Crippen LogP) is 14.3. The second kappa shape index (κ2) is 15.7. The lowest BCUT2D eigenvalue weighted by Crippen LogP contribution is -2.02. The van der Waals surface area contributed by atoms with E-state index in [2.05, 4.69) is 169 Å². The Labute approximate surface area is 360 Å². The number of hydrogen-bond donors (Lipinski definition) is 0. The average Bonchev–Trinajstić information content (AvgIpc) is 3.68. The zero-order valence-corrected chi connectivity index (χ0v) is 34.0. The maximum atomic E-state index is 5.40. The maximum Gasteiger partial charge on any atom is 0.160 e. The van der Waals surface area contributed by atoms with Crippen molar-refractivity contribution in [1.29, 1.82) is 0 Å². The summed E-state index contributed by atoms with van der Waals surface area (Å²) in [6, 6.07) is 76.2. The highest BCUT2D eigenvalue weighted by Gasteiger charge is 2.21. The molecule has 292 valence electrons. The number of hydrogen-bond acceptors (Lipinski definition) is 4. The van der Waals surface area contributed by atoms with Crippen molar-refractivity contribution >= 4 is 21.8 Å². The monoisotopic (exact) mass is 793 g/mol. The normalized spacial score (nSPS) is 11.3. The van der Waals surface area contributed by atoms with Crippen molar-refractivity contribution < 1.29 is 0 Å². The summed E-state index contributed by atoms with van der Waals surface area (Å²) in [5, 5.41) is 2.36. The SMILES string of the molecule is Cc1cccc(-c2ccc3c(c2)c2ccccc2n3-c2ccc(-c3cc(-c4ccccc4)nc(-c4ccccc4)n3)cc2-c2cc(-c3ccccc3)nc(-c3ccccc3)n2)c1. The smallest absolute Gasteiger partial charge is 0.160 e. The van der Waals surface area contributed by atoms with E-state index in [1.807, 2.05) is 60.7 Å². The van der Waals surface area contributed by atoms with Crippen molar-refractivity contribution in [3.8, 4) is 84.6 Å². The Kier molecular flexibility index (Phi) is 9.32. The van der Waals surface area contributed by atoms with Gasteiger partial charge in [0.25, 0.3) is 0 Å². The largest absolute Gasteiger partial charge is 0.309 e. The van der Waals surface area contributed by atoms with Gasteiger partial charge in [0.15, 0.2) is 11.6 Å². The molecule has 0 bridgehead atoms. The molecule has 0 saturated carbocycles. The molecule has 0 N–H and O–H groups in total.